The molecule has 7 heteroatoms. The molecule has 0 aliphatic carbocycles. The number of aliphatic imine (C=N–C) groups is 1. The van der Waals surface area contributed by atoms with Crippen LogP contribution in [0.5, 0.6) is 5.75 Å². The molecule has 0 radical (unpaired) electrons. The molecule has 2 fully saturated rings. The minimum atomic E-state index is 0. The lowest BCUT2D eigenvalue weighted by atomic mass is 10.1. The zero-order chi connectivity index (χ0) is 20.6. The molecule has 1 N–H and O–H groups in total. The molecule has 0 atom stereocenters. The zero-order valence-corrected chi connectivity index (χ0v) is 21.4. The molecule has 5 nitrogen and oxygen atoms in total. The molecule has 31 heavy (non-hydrogen) atoms. The summed E-state index contributed by atoms with van der Waals surface area (Å²) in [6.07, 6.45) is 2.30. The maximum Gasteiger partial charge on any atom is 0.193 e. The average Bonchev–Trinajstić information content (AvgIpc) is 2.82. The van der Waals surface area contributed by atoms with Gasteiger partial charge in [0.05, 0.1) is 0 Å². The van der Waals surface area contributed by atoms with Gasteiger partial charge in [0.2, 0.25) is 0 Å². The second kappa shape index (κ2) is 12.4. The number of piperidine rings is 1. The summed E-state index contributed by atoms with van der Waals surface area (Å²) in [5.74, 6) is 4.40. The highest BCUT2D eigenvalue weighted by Crippen LogP contribution is 2.21. The van der Waals surface area contributed by atoms with Crippen molar-refractivity contribution in [3.05, 3.63) is 60.2 Å². The third-order valence-corrected chi connectivity index (χ3v) is 6.70. The Morgan fingerprint density at radius 3 is 2.32 bits per heavy atom. The van der Waals surface area contributed by atoms with Gasteiger partial charge in [0.25, 0.3) is 0 Å². The number of ether oxygens (including phenoxy) is 1. The number of guanidine groups is 1. The number of thioether (sulfide) groups is 1. The number of anilines is 1. The number of hydrogen-bond donors (Lipinski definition) is 1. The lowest BCUT2D eigenvalue weighted by Gasteiger charge is -2.34. The van der Waals surface area contributed by atoms with Crippen LogP contribution < -0.4 is 15.0 Å². The molecule has 2 saturated heterocycles. The van der Waals surface area contributed by atoms with Crippen LogP contribution in [-0.2, 0) is 6.54 Å². The highest BCUT2D eigenvalue weighted by atomic mass is 127. The van der Waals surface area contributed by atoms with Gasteiger partial charge in [-0.05, 0) is 29.8 Å². The Balaban J connectivity index is 0.00000272. The summed E-state index contributed by atoms with van der Waals surface area (Å²) >= 11 is 2.05. The topological polar surface area (TPSA) is 40.1 Å². The van der Waals surface area contributed by atoms with Crippen LogP contribution in [0, 0.1) is 0 Å². The predicted molar refractivity (Wildman–Crippen MR) is 143 cm³/mol. The van der Waals surface area contributed by atoms with E-state index in [0.29, 0.717) is 0 Å². The highest BCUT2D eigenvalue weighted by molar-refractivity contribution is 14.0. The molecule has 2 aliphatic heterocycles. The molecule has 0 spiro atoms. The highest BCUT2D eigenvalue weighted by Gasteiger charge is 2.22. The second-order valence-corrected chi connectivity index (χ2v) is 9.01. The van der Waals surface area contributed by atoms with Crippen LogP contribution in [0.25, 0.3) is 0 Å². The van der Waals surface area contributed by atoms with Crippen LogP contribution in [0.15, 0.2) is 59.6 Å². The Morgan fingerprint density at radius 2 is 1.68 bits per heavy atom. The third-order valence-electron chi connectivity index (χ3n) is 5.76. The number of nitrogens with one attached hydrogen (secondary N) is 1. The van der Waals surface area contributed by atoms with Crippen molar-refractivity contribution >= 4 is 47.4 Å². The standard InChI is InChI=1S/C24H32N4OS.HI/c1-25-24(28-13-11-23(12-14-28)29-22-5-3-2-4-6-22)26-19-20-7-9-21(10-8-20)27-15-17-30-18-16-27;/h2-10,23H,11-19H2,1H3,(H,25,26);1H. The van der Waals surface area contributed by atoms with Gasteiger partial charge in [-0.3, -0.25) is 4.99 Å². The largest absolute Gasteiger partial charge is 0.490 e. The number of likely N-dealkylation sites (tertiary alicyclic amines) is 1. The number of hydrogen-bond acceptors (Lipinski definition) is 4. The summed E-state index contributed by atoms with van der Waals surface area (Å²) in [6, 6.07) is 19.1. The van der Waals surface area contributed by atoms with E-state index in [1.807, 2.05) is 49.1 Å². The van der Waals surface area contributed by atoms with Crippen molar-refractivity contribution in [2.24, 2.45) is 4.99 Å². The Morgan fingerprint density at radius 1 is 1.00 bits per heavy atom. The predicted octanol–water partition coefficient (Wildman–Crippen LogP) is 4.48. The van der Waals surface area contributed by atoms with Gasteiger partial charge in [0.15, 0.2) is 5.96 Å². The van der Waals surface area contributed by atoms with E-state index in [1.54, 1.807) is 0 Å². The maximum absolute atomic E-state index is 6.12. The van der Waals surface area contributed by atoms with Gasteiger partial charge in [-0.25, -0.2) is 0 Å². The van der Waals surface area contributed by atoms with Crippen molar-refractivity contribution in [1.29, 1.82) is 0 Å². The monoisotopic (exact) mass is 552 g/mol. The van der Waals surface area contributed by atoms with Gasteiger partial charge in [-0.1, -0.05) is 30.3 Å². The number of benzene rings is 2. The molecular weight excluding hydrogens is 519 g/mol. The quantitative estimate of drug-likeness (QED) is 0.337. The Bertz CT molecular complexity index is 804. The Labute approximate surface area is 207 Å². The fourth-order valence-corrected chi connectivity index (χ4v) is 4.94. The van der Waals surface area contributed by atoms with Crippen molar-refractivity contribution in [3.8, 4) is 5.75 Å². The maximum atomic E-state index is 6.12. The van der Waals surface area contributed by atoms with Crippen molar-refractivity contribution in [3.63, 3.8) is 0 Å². The van der Waals surface area contributed by atoms with E-state index in [9.17, 15) is 0 Å². The molecule has 0 unspecified atom stereocenters. The van der Waals surface area contributed by atoms with Crippen LogP contribution in [0.4, 0.5) is 5.69 Å². The summed E-state index contributed by atoms with van der Waals surface area (Å²) in [5, 5.41) is 3.54. The van der Waals surface area contributed by atoms with Crippen molar-refractivity contribution in [2.45, 2.75) is 25.5 Å². The molecule has 2 aromatic rings. The second-order valence-electron chi connectivity index (χ2n) is 7.78. The summed E-state index contributed by atoms with van der Waals surface area (Å²) in [7, 11) is 1.87. The van der Waals surface area contributed by atoms with Crippen molar-refractivity contribution in [2.75, 3.05) is 49.6 Å². The van der Waals surface area contributed by atoms with E-state index in [4.69, 9.17) is 4.74 Å². The van der Waals surface area contributed by atoms with Crippen LogP contribution in [0.3, 0.4) is 0 Å². The van der Waals surface area contributed by atoms with Crippen LogP contribution in [0.1, 0.15) is 18.4 Å². The first-order valence-electron chi connectivity index (χ1n) is 10.9. The molecule has 2 heterocycles. The fraction of sp³-hybridized carbons (Fsp3) is 0.458. The van der Waals surface area contributed by atoms with E-state index in [0.717, 1.165) is 57.3 Å². The summed E-state index contributed by atoms with van der Waals surface area (Å²) in [4.78, 5) is 9.33. The number of halogens is 1. The first-order valence-corrected chi connectivity index (χ1v) is 12.1. The first-order chi connectivity index (χ1) is 14.8. The normalized spacial score (nSPS) is 17.8. The summed E-state index contributed by atoms with van der Waals surface area (Å²) in [5.41, 5.74) is 2.62. The smallest absolute Gasteiger partial charge is 0.193 e. The van der Waals surface area contributed by atoms with Crippen molar-refractivity contribution in [1.82, 2.24) is 10.2 Å². The van der Waals surface area contributed by atoms with E-state index in [1.165, 1.54) is 22.8 Å². The Hall–Kier alpha value is -1.61. The molecule has 2 aromatic carbocycles. The first kappa shape index (κ1) is 24.0. The Kier molecular flexibility index (Phi) is 9.64. The SMILES string of the molecule is CN=C(NCc1ccc(N2CCSCC2)cc1)N1CCC(Oc2ccccc2)CC1.I. The summed E-state index contributed by atoms with van der Waals surface area (Å²) < 4.78 is 6.12. The van der Waals surface area contributed by atoms with E-state index in [2.05, 4.69) is 44.4 Å². The molecule has 0 bridgehead atoms. The molecule has 0 saturated carbocycles. The third kappa shape index (κ3) is 6.94. The van der Waals surface area contributed by atoms with Gasteiger partial charge in [0.1, 0.15) is 11.9 Å². The minimum absolute atomic E-state index is 0. The van der Waals surface area contributed by atoms with Gasteiger partial charge < -0.3 is 19.9 Å². The van der Waals surface area contributed by atoms with Gasteiger partial charge in [-0.2, -0.15) is 11.8 Å². The van der Waals surface area contributed by atoms with Gasteiger partial charge in [0, 0.05) is 69.8 Å². The molecule has 4 rings (SSSR count). The summed E-state index contributed by atoms with van der Waals surface area (Å²) in [6.45, 7) is 5.02. The average molecular weight is 553 g/mol. The zero-order valence-electron chi connectivity index (χ0n) is 18.2. The van der Waals surface area contributed by atoms with Crippen LogP contribution in [-0.4, -0.2) is 61.7 Å². The van der Waals surface area contributed by atoms with E-state index >= 15 is 0 Å². The number of rotatable bonds is 5. The minimum Gasteiger partial charge on any atom is -0.490 e. The van der Waals surface area contributed by atoms with E-state index in [-0.39, 0.29) is 30.1 Å². The number of nitrogens with zero attached hydrogens (tertiary/aromatic N) is 3. The lowest BCUT2D eigenvalue weighted by molar-refractivity contribution is 0.129. The number of para-hydroxylation sites is 1. The van der Waals surface area contributed by atoms with E-state index < -0.39 is 0 Å². The molecule has 168 valence electrons. The molecular formula is C24H33IN4OS. The fourth-order valence-electron chi connectivity index (χ4n) is 4.04. The van der Waals surface area contributed by atoms with Gasteiger partial charge >= 0.3 is 0 Å². The molecule has 0 aromatic heterocycles. The van der Waals surface area contributed by atoms with Gasteiger partial charge in [-0.15, -0.1) is 24.0 Å². The molecule has 2 aliphatic rings. The molecule has 0 amide bonds. The van der Waals surface area contributed by atoms with Crippen LogP contribution in [0.2, 0.25) is 0 Å². The van der Waals surface area contributed by atoms with Crippen molar-refractivity contribution < 1.29 is 4.74 Å². The van der Waals surface area contributed by atoms with Crippen LogP contribution >= 0.6 is 35.7 Å². The lowest BCUT2D eigenvalue weighted by Crippen LogP contribution is -2.47.